The van der Waals surface area contributed by atoms with Gasteiger partial charge in [0.25, 0.3) is 0 Å². The molecule has 0 aliphatic heterocycles. The highest BCUT2D eigenvalue weighted by atomic mass is 14.3. The van der Waals surface area contributed by atoms with Crippen molar-refractivity contribution in [2.24, 2.45) is 0 Å². The van der Waals surface area contributed by atoms with Crippen LogP contribution in [-0.2, 0) is 10.8 Å². The molecule has 316 valence electrons. The van der Waals surface area contributed by atoms with E-state index in [9.17, 15) is 0 Å². The molecular weight excluding hydrogens is 805 g/mol. The van der Waals surface area contributed by atoms with Gasteiger partial charge in [0.05, 0.1) is 0 Å². The zero-order valence-corrected chi connectivity index (χ0v) is 38.0. The first-order valence-corrected chi connectivity index (χ1v) is 23.8. The summed E-state index contributed by atoms with van der Waals surface area (Å²) in [6.07, 6.45) is 0. The Morgan fingerprint density at radius 1 is 0.254 bits per heavy atom. The van der Waals surface area contributed by atoms with E-state index < -0.39 is 0 Å². The van der Waals surface area contributed by atoms with Crippen LogP contribution in [-0.4, -0.2) is 0 Å². The highest BCUT2D eigenvalue weighted by Crippen LogP contribution is 2.59. The second-order valence-corrected chi connectivity index (χ2v) is 21.8. The molecule has 0 spiro atoms. The van der Waals surface area contributed by atoms with Gasteiger partial charge in [-0.05, 0) is 191 Å². The fourth-order valence-corrected chi connectivity index (χ4v) is 13.6. The molecular formula is C67H48. The molecule has 15 aromatic carbocycles. The summed E-state index contributed by atoms with van der Waals surface area (Å²) < 4.78 is 0. The molecule has 0 saturated heterocycles. The molecule has 0 N–H and O–H groups in total. The van der Waals surface area contributed by atoms with Gasteiger partial charge in [-0.1, -0.05) is 201 Å². The molecule has 0 bridgehead atoms. The van der Waals surface area contributed by atoms with E-state index in [1.807, 2.05) is 0 Å². The summed E-state index contributed by atoms with van der Waals surface area (Å²) in [4.78, 5) is 0. The van der Waals surface area contributed by atoms with Gasteiger partial charge in [0.2, 0.25) is 0 Å². The number of hydrogen-bond donors (Lipinski definition) is 0. The highest BCUT2D eigenvalue weighted by molar-refractivity contribution is 6.54. The first-order chi connectivity index (χ1) is 32.0. The fraction of sp³-hybridized carbons (Fsp3) is 0.134. The molecule has 67 heavy (non-hydrogen) atoms. The van der Waals surface area contributed by atoms with Crippen molar-refractivity contribution in [3.05, 3.63) is 169 Å². The van der Waals surface area contributed by atoms with Gasteiger partial charge in [-0.2, -0.15) is 0 Å². The van der Waals surface area contributed by atoms with Crippen molar-refractivity contribution >= 4 is 129 Å². The maximum Gasteiger partial charge on any atom is -0.000674 e. The van der Waals surface area contributed by atoms with Crippen LogP contribution in [0.3, 0.4) is 0 Å². The van der Waals surface area contributed by atoms with E-state index in [0.29, 0.717) is 0 Å². The quantitative estimate of drug-likeness (QED) is 0.114. The summed E-state index contributed by atoms with van der Waals surface area (Å²) in [5.41, 5.74) is 10.8. The maximum absolute atomic E-state index is 2.61. The first-order valence-electron chi connectivity index (χ1n) is 23.8. The Morgan fingerprint density at radius 2 is 0.642 bits per heavy atom. The average molecular weight is 853 g/mol. The molecule has 0 unspecified atom stereocenters. The Balaban J connectivity index is 0.00000410. The van der Waals surface area contributed by atoms with E-state index in [0.717, 1.165) is 0 Å². The maximum atomic E-state index is 2.61. The highest BCUT2D eigenvalue weighted by Gasteiger charge is 2.31. The molecule has 1 aliphatic rings. The van der Waals surface area contributed by atoms with Crippen molar-refractivity contribution in [3.8, 4) is 33.4 Å². The minimum atomic E-state index is -0.0381. The zero-order valence-electron chi connectivity index (χ0n) is 38.0. The van der Waals surface area contributed by atoms with Crippen LogP contribution in [0, 0.1) is 0 Å². The summed E-state index contributed by atoms with van der Waals surface area (Å²) >= 11 is 0. The summed E-state index contributed by atoms with van der Waals surface area (Å²) in [6, 6.07) is 61.9. The van der Waals surface area contributed by atoms with Gasteiger partial charge in [-0.25, -0.2) is 0 Å². The summed E-state index contributed by atoms with van der Waals surface area (Å²) in [5, 5.41) is 32.9. The fourth-order valence-electron chi connectivity index (χ4n) is 13.6. The predicted octanol–water partition coefficient (Wildman–Crippen LogP) is 19.8. The molecule has 15 aromatic rings. The third-order valence-corrected chi connectivity index (χ3v) is 16.4. The van der Waals surface area contributed by atoms with Crippen LogP contribution in [0.25, 0.3) is 163 Å². The van der Waals surface area contributed by atoms with E-state index in [1.54, 1.807) is 0 Å². The second-order valence-electron chi connectivity index (χ2n) is 21.8. The minimum absolute atomic E-state index is 0. The number of hydrogen-bond acceptors (Lipinski definition) is 0. The SMILES string of the molecule is C.CC(C)(C)c1cc(-c2c3cc4c5cccc6cccc(c65)c4c4c5ccccc5c(c5c6ccc7c8ccc9c%10c(ccc(c%11ccc(c25)c6c%117)c%108)-c2ccccc2-9)c34)cc(C(C)(C)C)c1. The molecule has 16 rings (SSSR count). The molecule has 0 amide bonds. The van der Waals surface area contributed by atoms with Gasteiger partial charge < -0.3 is 0 Å². The number of rotatable bonds is 1. The zero-order chi connectivity index (χ0) is 43.9. The Kier molecular flexibility index (Phi) is 6.78. The predicted molar refractivity (Wildman–Crippen MR) is 295 cm³/mol. The molecule has 0 saturated carbocycles. The standard InChI is InChI=1S/C66H44.CH4/c1-65(2,3)35-29-34(30-36(31-35)66(4,5)6)54-52-32-51-41-19-11-13-33-14-12-20-48(53(33)41)59(51)60-39-17-9-10-18-40(39)61(64(52)60)63-50-28-26-47-45-24-22-43-38-16-8-7-15-37(38)42-21-23-44(56(45)55(42)43)46-25-27-49(62(54)63)58(50)57(46)47;/h7-32H,1-6H3;1H4. The summed E-state index contributed by atoms with van der Waals surface area (Å²) in [7, 11) is 0. The Morgan fingerprint density at radius 3 is 1.24 bits per heavy atom. The van der Waals surface area contributed by atoms with E-state index in [2.05, 4.69) is 199 Å². The van der Waals surface area contributed by atoms with Gasteiger partial charge in [0, 0.05) is 0 Å². The molecule has 0 radical (unpaired) electrons. The Bertz CT molecular complexity index is 4560. The third kappa shape index (κ3) is 4.37. The lowest BCUT2D eigenvalue weighted by Crippen LogP contribution is -2.16. The van der Waals surface area contributed by atoms with Crippen molar-refractivity contribution in [1.82, 2.24) is 0 Å². The van der Waals surface area contributed by atoms with E-state index in [1.165, 1.54) is 174 Å². The molecule has 0 aromatic heterocycles. The number of fused-ring (bicyclic) bond motifs is 16. The smallest absolute Gasteiger partial charge is 0.000674 e. The van der Waals surface area contributed by atoms with Gasteiger partial charge in [-0.3, -0.25) is 0 Å². The van der Waals surface area contributed by atoms with Crippen LogP contribution < -0.4 is 0 Å². The van der Waals surface area contributed by atoms with Crippen molar-refractivity contribution < 1.29 is 0 Å². The normalized spacial score (nSPS) is 13.4. The van der Waals surface area contributed by atoms with Crippen molar-refractivity contribution in [3.63, 3.8) is 0 Å². The van der Waals surface area contributed by atoms with E-state index in [-0.39, 0.29) is 18.3 Å². The van der Waals surface area contributed by atoms with Crippen LogP contribution in [0.15, 0.2) is 158 Å². The van der Waals surface area contributed by atoms with Gasteiger partial charge in [-0.15, -0.1) is 0 Å². The van der Waals surface area contributed by atoms with Crippen LogP contribution >= 0.6 is 0 Å². The minimum Gasteiger partial charge on any atom is -0.0776 e. The molecule has 0 fully saturated rings. The lowest BCUT2D eigenvalue weighted by atomic mass is 9.78. The lowest BCUT2D eigenvalue weighted by Gasteiger charge is -2.27. The second kappa shape index (κ2) is 12.1. The molecule has 0 nitrogen and oxygen atoms in total. The molecule has 0 atom stereocenters. The monoisotopic (exact) mass is 852 g/mol. The largest absolute Gasteiger partial charge is 0.0776 e. The van der Waals surface area contributed by atoms with Gasteiger partial charge in [0.1, 0.15) is 0 Å². The average Bonchev–Trinajstić information content (AvgIpc) is 4.05. The van der Waals surface area contributed by atoms with Crippen LogP contribution in [0.4, 0.5) is 0 Å². The first kappa shape index (κ1) is 37.7. The van der Waals surface area contributed by atoms with E-state index >= 15 is 0 Å². The summed E-state index contributed by atoms with van der Waals surface area (Å²) in [5.74, 6) is 0. The number of benzene rings is 12. The van der Waals surface area contributed by atoms with Crippen molar-refractivity contribution in [2.45, 2.75) is 59.8 Å². The van der Waals surface area contributed by atoms with Crippen LogP contribution in [0.1, 0.15) is 60.1 Å². The Labute approximate surface area is 389 Å². The summed E-state index contributed by atoms with van der Waals surface area (Å²) in [6.45, 7) is 14.2. The molecule has 0 heterocycles. The van der Waals surface area contributed by atoms with Gasteiger partial charge in [0.15, 0.2) is 0 Å². The lowest BCUT2D eigenvalue weighted by molar-refractivity contribution is 0.569. The van der Waals surface area contributed by atoms with Crippen LogP contribution in [0.5, 0.6) is 0 Å². The van der Waals surface area contributed by atoms with E-state index in [4.69, 9.17) is 0 Å². The van der Waals surface area contributed by atoms with Crippen molar-refractivity contribution in [2.75, 3.05) is 0 Å². The topological polar surface area (TPSA) is 0 Å². The van der Waals surface area contributed by atoms with Crippen LogP contribution in [0.2, 0.25) is 0 Å². The van der Waals surface area contributed by atoms with Crippen molar-refractivity contribution in [1.29, 1.82) is 0 Å². The third-order valence-electron chi connectivity index (χ3n) is 16.4. The van der Waals surface area contributed by atoms with Gasteiger partial charge >= 0.3 is 0 Å². The molecule has 1 aliphatic carbocycles. The Hall–Kier alpha value is -7.54. The molecule has 0 heteroatoms.